The van der Waals surface area contributed by atoms with E-state index in [-0.39, 0.29) is 5.60 Å². The summed E-state index contributed by atoms with van der Waals surface area (Å²) in [5.41, 5.74) is 6.30. The van der Waals surface area contributed by atoms with Gasteiger partial charge in [0.1, 0.15) is 5.60 Å². The highest BCUT2D eigenvalue weighted by Crippen LogP contribution is 2.15. The highest BCUT2D eigenvalue weighted by Gasteiger charge is 2.12. The third-order valence-electron chi connectivity index (χ3n) is 2.05. The van der Waals surface area contributed by atoms with Crippen molar-refractivity contribution in [2.45, 2.75) is 32.9 Å². The van der Waals surface area contributed by atoms with Crippen LogP contribution in [-0.2, 0) is 6.54 Å². The van der Waals surface area contributed by atoms with Gasteiger partial charge in [-0.1, -0.05) is 6.07 Å². The van der Waals surface area contributed by atoms with E-state index in [0.29, 0.717) is 18.4 Å². The van der Waals surface area contributed by atoms with E-state index in [4.69, 9.17) is 10.5 Å². The summed E-state index contributed by atoms with van der Waals surface area (Å²) in [5, 5.41) is 0. The van der Waals surface area contributed by atoms with Gasteiger partial charge >= 0.3 is 0 Å². The normalized spacial score (nSPS) is 12.4. The van der Waals surface area contributed by atoms with Crippen LogP contribution in [0.5, 0.6) is 5.88 Å². The van der Waals surface area contributed by atoms with Crippen LogP contribution < -0.4 is 10.5 Å². The van der Waals surface area contributed by atoms with Crippen LogP contribution in [0.4, 0.5) is 0 Å². The molecule has 1 aromatic heterocycles. The summed E-state index contributed by atoms with van der Waals surface area (Å²) in [5.74, 6) is 1.09. The van der Waals surface area contributed by atoms with E-state index < -0.39 is 0 Å². The van der Waals surface area contributed by atoms with E-state index in [9.17, 15) is 0 Å². The first kappa shape index (κ1) is 14.3. The zero-order valence-corrected chi connectivity index (χ0v) is 11.8. The number of rotatable bonds is 3. The number of aromatic nitrogens is 1. The van der Waals surface area contributed by atoms with Gasteiger partial charge in [0.25, 0.3) is 0 Å². The van der Waals surface area contributed by atoms with Crippen molar-refractivity contribution in [2.75, 3.05) is 14.1 Å². The minimum absolute atomic E-state index is 0.252. The lowest BCUT2D eigenvalue weighted by Crippen LogP contribution is -2.30. The van der Waals surface area contributed by atoms with Gasteiger partial charge in [-0.3, -0.25) is 0 Å². The van der Waals surface area contributed by atoms with Crippen molar-refractivity contribution < 1.29 is 4.74 Å². The fourth-order valence-electron chi connectivity index (χ4n) is 1.22. The van der Waals surface area contributed by atoms with E-state index >= 15 is 0 Å². The van der Waals surface area contributed by atoms with Crippen LogP contribution in [0.3, 0.4) is 0 Å². The molecule has 1 heterocycles. The predicted molar refractivity (Wildman–Crippen MR) is 73.6 cm³/mol. The second kappa shape index (κ2) is 5.71. The molecule has 0 aliphatic rings. The highest BCUT2D eigenvalue weighted by atomic mass is 16.5. The molecule has 2 N–H and O–H groups in total. The monoisotopic (exact) mass is 250 g/mol. The van der Waals surface area contributed by atoms with Gasteiger partial charge in [-0.25, -0.2) is 9.98 Å². The molecule has 0 fully saturated rings. The van der Waals surface area contributed by atoms with Crippen LogP contribution in [0.2, 0.25) is 0 Å². The molecule has 1 rings (SSSR count). The Bertz CT molecular complexity index is 421. The molecule has 0 spiro atoms. The van der Waals surface area contributed by atoms with E-state index in [0.717, 1.165) is 5.69 Å². The van der Waals surface area contributed by atoms with Crippen molar-refractivity contribution in [1.29, 1.82) is 0 Å². The van der Waals surface area contributed by atoms with Gasteiger partial charge in [0.2, 0.25) is 5.88 Å². The Morgan fingerprint density at radius 2 is 2.06 bits per heavy atom. The van der Waals surface area contributed by atoms with Crippen LogP contribution in [0.1, 0.15) is 26.5 Å². The standard InChI is InChI=1S/C13H22N4O/c1-13(2,3)18-11-8-6-7-10(16-11)9-15-12(14)17(4)5/h6-8H,9H2,1-5H3,(H2,14,15). The average molecular weight is 250 g/mol. The number of pyridine rings is 1. The molecule has 0 atom stereocenters. The molecule has 0 saturated carbocycles. The molecule has 1 aromatic rings. The Morgan fingerprint density at radius 3 is 2.61 bits per heavy atom. The summed E-state index contributed by atoms with van der Waals surface area (Å²) >= 11 is 0. The largest absolute Gasteiger partial charge is 0.472 e. The minimum Gasteiger partial charge on any atom is -0.472 e. The summed E-state index contributed by atoms with van der Waals surface area (Å²) < 4.78 is 5.70. The number of aliphatic imine (C=N–C) groups is 1. The van der Waals surface area contributed by atoms with Crippen LogP contribution in [0.25, 0.3) is 0 Å². The summed E-state index contributed by atoms with van der Waals surface area (Å²) in [7, 11) is 3.71. The zero-order chi connectivity index (χ0) is 13.8. The minimum atomic E-state index is -0.252. The fraction of sp³-hybridized carbons (Fsp3) is 0.538. The van der Waals surface area contributed by atoms with Gasteiger partial charge in [0.15, 0.2) is 5.96 Å². The topological polar surface area (TPSA) is 63.7 Å². The second-order valence-electron chi connectivity index (χ2n) is 5.25. The fourth-order valence-corrected chi connectivity index (χ4v) is 1.22. The molecule has 0 bridgehead atoms. The van der Waals surface area contributed by atoms with Crippen molar-refractivity contribution >= 4 is 5.96 Å². The van der Waals surface area contributed by atoms with Crippen LogP contribution in [-0.4, -0.2) is 35.5 Å². The number of hydrogen-bond donors (Lipinski definition) is 1. The molecular formula is C13H22N4O. The van der Waals surface area contributed by atoms with Crippen molar-refractivity contribution in [2.24, 2.45) is 10.7 Å². The lowest BCUT2D eigenvalue weighted by atomic mass is 10.2. The Kier molecular flexibility index (Phi) is 4.53. The summed E-state index contributed by atoms with van der Waals surface area (Å²) in [6.45, 7) is 6.42. The molecule has 0 radical (unpaired) electrons. The van der Waals surface area contributed by atoms with Crippen molar-refractivity contribution in [3.05, 3.63) is 23.9 Å². The maximum atomic E-state index is 5.72. The van der Waals surface area contributed by atoms with Crippen LogP contribution in [0, 0.1) is 0 Å². The maximum Gasteiger partial charge on any atom is 0.214 e. The van der Waals surface area contributed by atoms with Crippen molar-refractivity contribution in [3.8, 4) is 5.88 Å². The first-order valence-electron chi connectivity index (χ1n) is 5.90. The van der Waals surface area contributed by atoms with E-state index in [1.807, 2.05) is 53.1 Å². The number of hydrogen-bond acceptors (Lipinski definition) is 3. The smallest absolute Gasteiger partial charge is 0.214 e. The number of ether oxygens (including phenoxy) is 1. The Hall–Kier alpha value is -1.78. The molecule has 0 aliphatic heterocycles. The Morgan fingerprint density at radius 1 is 1.39 bits per heavy atom. The molecule has 0 aromatic carbocycles. The van der Waals surface area contributed by atoms with E-state index in [1.54, 1.807) is 4.90 Å². The maximum absolute atomic E-state index is 5.72. The van der Waals surface area contributed by atoms with Gasteiger partial charge in [-0.15, -0.1) is 0 Å². The van der Waals surface area contributed by atoms with Gasteiger partial charge in [0.05, 0.1) is 12.2 Å². The van der Waals surface area contributed by atoms with Crippen molar-refractivity contribution in [1.82, 2.24) is 9.88 Å². The third-order valence-corrected chi connectivity index (χ3v) is 2.05. The van der Waals surface area contributed by atoms with Gasteiger partial charge < -0.3 is 15.4 Å². The Balaban J connectivity index is 2.74. The van der Waals surface area contributed by atoms with Gasteiger partial charge in [-0.05, 0) is 26.8 Å². The van der Waals surface area contributed by atoms with Crippen molar-refractivity contribution in [3.63, 3.8) is 0 Å². The zero-order valence-electron chi connectivity index (χ0n) is 11.8. The molecule has 100 valence electrons. The molecular weight excluding hydrogens is 228 g/mol. The second-order valence-corrected chi connectivity index (χ2v) is 5.25. The average Bonchev–Trinajstić information content (AvgIpc) is 2.23. The number of nitrogens with zero attached hydrogens (tertiary/aromatic N) is 3. The molecule has 0 amide bonds. The third kappa shape index (κ3) is 5.03. The lowest BCUT2D eigenvalue weighted by molar-refractivity contribution is 0.124. The van der Waals surface area contributed by atoms with Crippen LogP contribution in [0.15, 0.2) is 23.2 Å². The van der Waals surface area contributed by atoms with E-state index in [1.165, 1.54) is 0 Å². The van der Waals surface area contributed by atoms with Crippen LogP contribution >= 0.6 is 0 Å². The van der Waals surface area contributed by atoms with E-state index in [2.05, 4.69) is 9.98 Å². The predicted octanol–water partition coefficient (Wildman–Crippen LogP) is 1.64. The first-order chi connectivity index (χ1) is 8.28. The van der Waals surface area contributed by atoms with Gasteiger partial charge in [0, 0.05) is 20.2 Å². The molecule has 0 aliphatic carbocycles. The highest BCUT2D eigenvalue weighted by molar-refractivity contribution is 5.77. The molecule has 5 heteroatoms. The molecule has 5 nitrogen and oxygen atoms in total. The molecule has 18 heavy (non-hydrogen) atoms. The molecule has 0 unspecified atom stereocenters. The quantitative estimate of drug-likeness (QED) is 0.654. The number of guanidine groups is 1. The number of nitrogens with two attached hydrogens (primary N) is 1. The molecule has 0 saturated heterocycles. The summed E-state index contributed by atoms with van der Waals surface area (Å²) in [6, 6.07) is 5.65. The van der Waals surface area contributed by atoms with Gasteiger partial charge in [-0.2, -0.15) is 0 Å². The first-order valence-corrected chi connectivity index (χ1v) is 5.90. The SMILES string of the molecule is CN(C)C(N)=NCc1cccc(OC(C)(C)C)n1. The summed E-state index contributed by atoms with van der Waals surface area (Å²) in [4.78, 5) is 10.4. The summed E-state index contributed by atoms with van der Waals surface area (Å²) in [6.07, 6.45) is 0. The lowest BCUT2D eigenvalue weighted by Gasteiger charge is -2.20. The Labute approximate surface area is 109 Å².